The van der Waals surface area contributed by atoms with Crippen LogP contribution in [0.15, 0.2) is 12.1 Å². The normalized spacial score (nSPS) is 10.1. The predicted molar refractivity (Wildman–Crippen MR) is 55.4 cm³/mol. The van der Waals surface area contributed by atoms with E-state index in [2.05, 4.69) is 0 Å². The topological polar surface area (TPSA) is 46.5 Å². The van der Waals surface area contributed by atoms with Crippen LogP contribution in [0.4, 0.5) is 0 Å². The highest BCUT2D eigenvalue weighted by atomic mass is 32.1. The van der Waals surface area contributed by atoms with Gasteiger partial charge in [0, 0.05) is 22.8 Å². The first kappa shape index (κ1) is 11.2. The number of rotatable bonds is 5. The number of esters is 1. The molecule has 14 heavy (non-hydrogen) atoms. The van der Waals surface area contributed by atoms with E-state index in [1.807, 2.05) is 12.1 Å². The van der Waals surface area contributed by atoms with E-state index in [4.69, 9.17) is 9.84 Å². The fourth-order valence-corrected chi connectivity index (χ4v) is 2.11. The van der Waals surface area contributed by atoms with Crippen LogP contribution in [0.2, 0.25) is 0 Å². The lowest BCUT2D eigenvalue weighted by Crippen LogP contribution is -2.06. The van der Waals surface area contributed by atoms with E-state index in [0.29, 0.717) is 19.4 Å². The summed E-state index contributed by atoms with van der Waals surface area (Å²) in [6.45, 7) is 2.37. The first-order chi connectivity index (χ1) is 6.76. The third-order valence-electron chi connectivity index (χ3n) is 1.70. The van der Waals surface area contributed by atoms with Crippen molar-refractivity contribution in [2.45, 2.75) is 19.8 Å². The fraction of sp³-hybridized carbons (Fsp3) is 0.500. The third kappa shape index (κ3) is 3.47. The molecule has 1 rings (SSSR count). The average molecular weight is 214 g/mol. The maximum atomic E-state index is 11.1. The predicted octanol–water partition coefficient (Wildman–Crippen LogP) is 1.39. The molecule has 0 atom stereocenters. The molecule has 0 aliphatic rings. The SMILES string of the molecule is CCOC(=O)Cc1ccc(CCO)s1. The maximum Gasteiger partial charge on any atom is 0.311 e. The van der Waals surface area contributed by atoms with Gasteiger partial charge in [0.25, 0.3) is 0 Å². The molecule has 0 saturated heterocycles. The van der Waals surface area contributed by atoms with Gasteiger partial charge >= 0.3 is 5.97 Å². The van der Waals surface area contributed by atoms with Crippen molar-refractivity contribution in [1.29, 1.82) is 0 Å². The maximum absolute atomic E-state index is 11.1. The number of carbonyl (C=O) groups excluding carboxylic acids is 1. The summed E-state index contributed by atoms with van der Waals surface area (Å²) in [4.78, 5) is 13.2. The molecule has 0 aliphatic heterocycles. The summed E-state index contributed by atoms with van der Waals surface area (Å²) in [5.41, 5.74) is 0. The smallest absolute Gasteiger partial charge is 0.311 e. The van der Waals surface area contributed by atoms with E-state index >= 15 is 0 Å². The first-order valence-electron chi connectivity index (χ1n) is 4.60. The lowest BCUT2D eigenvalue weighted by molar-refractivity contribution is -0.142. The van der Waals surface area contributed by atoms with Gasteiger partial charge in [0.15, 0.2) is 0 Å². The standard InChI is InChI=1S/C10H14O3S/c1-2-13-10(12)7-9-4-3-8(14-9)5-6-11/h3-4,11H,2,5-7H2,1H3. The minimum atomic E-state index is -0.190. The first-order valence-corrected chi connectivity index (χ1v) is 5.42. The molecule has 0 amide bonds. The van der Waals surface area contributed by atoms with E-state index in [0.717, 1.165) is 9.75 Å². The van der Waals surface area contributed by atoms with Gasteiger partial charge in [0.2, 0.25) is 0 Å². The van der Waals surface area contributed by atoms with Gasteiger partial charge in [-0.3, -0.25) is 4.79 Å². The monoisotopic (exact) mass is 214 g/mol. The van der Waals surface area contributed by atoms with Crippen molar-refractivity contribution in [1.82, 2.24) is 0 Å². The van der Waals surface area contributed by atoms with Crippen LogP contribution in [0.1, 0.15) is 16.7 Å². The molecule has 1 N–H and O–H groups in total. The van der Waals surface area contributed by atoms with Crippen LogP contribution in [0.5, 0.6) is 0 Å². The highest BCUT2D eigenvalue weighted by Crippen LogP contribution is 2.17. The quantitative estimate of drug-likeness (QED) is 0.753. The molecule has 0 spiro atoms. The molecular weight excluding hydrogens is 200 g/mol. The van der Waals surface area contributed by atoms with Gasteiger partial charge in [-0.05, 0) is 19.1 Å². The largest absolute Gasteiger partial charge is 0.466 e. The number of aliphatic hydroxyl groups excluding tert-OH is 1. The Balaban J connectivity index is 2.46. The van der Waals surface area contributed by atoms with Crippen LogP contribution in [0, 0.1) is 0 Å². The lowest BCUT2D eigenvalue weighted by atomic mass is 10.3. The molecule has 1 heterocycles. The summed E-state index contributed by atoms with van der Waals surface area (Å²) in [6, 6.07) is 3.85. The Labute approximate surface area is 87.3 Å². The zero-order chi connectivity index (χ0) is 10.4. The van der Waals surface area contributed by atoms with Crippen molar-refractivity contribution in [2.24, 2.45) is 0 Å². The highest BCUT2D eigenvalue weighted by Gasteiger charge is 2.06. The van der Waals surface area contributed by atoms with Crippen molar-refractivity contribution in [3.63, 3.8) is 0 Å². The minimum absolute atomic E-state index is 0.152. The summed E-state index contributed by atoms with van der Waals surface area (Å²) in [5, 5.41) is 8.71. The van der Waals surface area contributed by atoms with E-state index in [9.17, 15) is 4.79 Å². The molecule has 0 bridgehead atoms. The van der Waals surface area contributed by atoms with Gasteiger partial charge < -0.3 is 9.84 Å². The summed E-state index contributed by atoms with van der Waals surface area (Å²) in [7, 11) is 0. The Kier molecular flexibility index (Phi) is 4.62. The van der Waals surface area contributed by atoms with Crippen LogP contribution in [-0.4, -0.2) is 24.3 Å². The summed E-state index contributed by atoms with van der Waals surface area (Å²) in [6.07, 6.45) is 0.997. The van der Waals surface area contributed by atoms with Crippen LogP contribution in [-0.2, 0) is 22.4 Å². The molecule has 4 heteroatoms. The average Bonchev–Trinajstić information content (AvgIpc) is 2.53. The zero-order valence-electron chi connectivity index (χ0n) is 8.16. The van der Waals surface area contributed by atoms with E-state index in [1.165, 1.54) is 0 Å². The van der Waals surface area contributed by atoms with Gasteiger partial charge in [-0.25, -0.2) is 0 Å². The molecule has 0 aliphatic carbocycles. The Morgan fingerprint density at radius 1 is 1.50 bits per heavy atom. The number of thiophene rings is 1. The second-order valence-corrected chi connectivity index (χ2v) is 4.08. The molecule has 0 radical (unpaired) electrons. The molecule has 0 aromatic carbocycles. The van der Waals surface area contributed by atoms with Crippen LogP contribution in [0.25, 0.3) is 0 Å². The molecule has 1 aromatic rings. The lowest BCUT2D eigenvalue weighted by Gasteiger charge is -1.98. The van der Waals surface area contributed by atoms with Crippen LogP contribution in [0.3, 0.4) is 0 Å². The van der Waals surface area contributed by atoms with Crippen LogP contribution >= 0.6 is 11.3 Å². The van der Waals surface area contributed by atoms with Crippen LogP contribution < -0.4 is 0 Å². The van der Waals surface area contributed by atoms with Gasteiger partial charge in [-0.2, -0.15) is 0 Å². The Morgan fingerprint density at radius 3 is 2.86 bits per heavy atom. The van der Waals surface area contributed by atoms with Crippen molar-refractivity contribution in [3.05, 3.63) is 21.9 Å². The summed E-state index contributed by atoms with van der Waals surface area (Å²) < 4.78 is 4.83. The number of aliphatic hydroxyl groups is 1. The third-order valence-corrected chi connectivity index (χ3v) is 2.84. The van der Waals surface area contributed by atoms with Gasteiger partial charge in [-0.1, -0.05) is 0 Å². The Morgan fingerprint density at radius 2 is 2.21 bits per heavy atom. The van der Waals surface area contributed by atoms with Crippen molar-refractivity contribution in [3.8, 4) is 0 Å². The zero-order valence-corrected chi connectivity index (χ0v) is 8.97. The van der Waals surface area contributed by atoms with E-state index in [1.54, 1.807) is 18.3 Å². The number of hydrogen-bond acceptors (Lipinski definition) is 4. The number of carbonyl (C=O) groups is 1. The number of ether oxygens (including phenoxy) is 1. The highest BCUT2D eigenvalue weighted by molar-refractivity contribution is 7.12. The van der Waals surface area contributed by atoms with Crippen molar-refractivity contribution >= 4 is 17.3 Å². The second kappa shape index (κ2) is 5.78. The molecule has 0 fully saturated rings. The van der Waals surface area contributed by atoms with Gasteiger partial charge in [-0.15, -0.1) is 11.3 Å². The van der Waals surface area contributed by atoms with E-state index < -0.39 is 0 Å². The molecule has 0 unspecified atom stereocenters. The molecule has 3 nitrogen and oxygen atoms in total. The molecule has 1 aromatic heterocycles. The Bertz CT molecular complexity index is 293. The fourth-order valence-electron chi connectivity index (χ4n) is 1.12. The van der Waals surface area contributed by atoms with E-state index in [-0.39, 0.29) is 12.6 Å². The molecular formula is C10H14O3S. The second-order valence-electron chi connectivity index (χ2n) is 2.82. The molecule has 0 saturated carbocycles. The Hall–Kier alpha value is -0.870. The minimum Gasteiger partial charge on any atom is -0.466 e. The van der Waals surface area contributed by atoms with Gasteiger partial charge in [0.1, 0.15) is 0 Å². The number of hydrogen-bond donors (Lipinski definition) is 1. The summed E-state index contributed by atoms with van der Waals surface area (Å²) >= 11 is 1.55. The molecule has 78 valence electrons. The van der Waals surface area contributed by atoms with Crippen molar-refractivity contribution < 1.29 is 14.6 Å². The summed E-state index contributed by atoms with van der Waals surface area (Å²) in [5.74, 6) is -0.190. The van der Waals surface area contributed by atoms with Crippen molar-refractivity contribution in [2.75, 3.05) is 13.2 Å². The van der Waals surface area contributed by atoms with Gasteiger partial charge in [0.05, 0.1) is 13.0 Å².